The van der Waals surface area contributed by atoms with E-state index >= 15 is 0 Å². The largest absolute Gasteiger partial charge is 0.493 e. The van der Waals surface area contributed by atoms with Gasteiger partial charge in [-0.05, 0) is 47.5 Å². The molecule has 0 atom stereocenters. The Balaban J connectivity index is 1.51. The highest BCUT2D eigenvalue weighted by molar-refractivity contribution is 5.84. The highest BCUT2D eigenvalue weighted by atomic mass is 19.4. The van der Waals surface area contributed by atoms with Crippen LogP contribution in [0.3, 0.4) is 0 Å². The van der Waals surface area contributed by atoms with Crippen molar-refractivity contribution >= 4 is 17.8 Å². The van der Waals surface area contributed by atoms with Gasteiger partial charge in [0.15, 0.2) is 11.5 Å². The number of benzene rings is 3. The van der Waals surface area contributed by atoms with Crippen LogP contribution >= 0.6 is 0 Å². The number of hydrogen-bond donors (Lipinski definition) is 2. The molecule has 0 fully saturated rings. The first kappa shape index (κ1) is 23.6. The summed E-state index contributed by atoms with van der Waals surface area (Å²) in [4.78, 5) is 11.9. The molecule has 0 aliphatic rings. The standard InChI is InChI=1S/C24H22F3N3O3/c1-32-22-12-18(10-11-21(22)33-16-17-6-3-2-4-7-17)14-29-30-23(31)15-28-20-9-5-8-19(13-20)24(25,26)27/h2-14,28H,15-16H2,1H3,(H,30,31)/b29-14-. The summed E-state index contributed by atoms with van der Waals surface area (Å²) in [5.41, 5.74) is 3.38. The molecule has 0 aliphatic carbocycles. The Morgan fingerprint density at radius 2 is 1.79 bits per heavy atom. The molecule has 0 saturated carbocycles. The predicted octanol–water partition coefficient (Wildman–Crippen LogP) is 4.86. The molecule has 0 unspecified atom stereocenters. The molecule has 3 aromatic rings. The van der Waals surface area contributed by atoms with Crippen LogP contribution in [0.4, 0.5) is 18.9 Å². The summed E-state index contributed by atoms with van der Waals surface area (Å²) in [6.07, 6.45) is -3.03. The molecule has 0 heterocycles. The summed E-state index contributed by atoms with van der Waals surface area (Å²) in [6, 6.07) is 19.5. The fourth-order valence-corrected chi connectivity index (χ4v) is 2.83. The smallest absolute Gasteiger partial charge is 0.416 e. The Morgan fingerprint density at radius 3 is 2.52 bits per heavy atom. The van der Waals surface area contributed by atoms with Crippen LogP contribution in [0.2, 0.25) is 0 Å². The first-order valence-corrected chi connectivity index (χ1v) is 9.93. The normalized spacial score (nSPS) is 11.3. The molecule has 3 rings (SSSR count). The van der Waals surface area contributed by atoms with Gasteiger partial charge in [0.2, 0.25) is 0 Å². The SMILES string of the molecule is COc1cc(/C=N\NC(=O)CNc2cccc(C(F)(F)F)c2)ccc1OCc1ccccc1. The zero-order chi connectivity index (χ0) is 23.7. The second kappa shape index (κ2) is 11.0. The molecule has 172 valence electrons. The van der Waals surface area contributed by atoms with E-state index in [9.17, 15) is 18.0 Å². The van der Waals surface area contributed by atoms with E-state index in [2.05, 4.69) is 15.8 Å². The molecule has 6 nitrogen and oxygen atoms in total. The van der Waals surface area contributed by atoms with Gasteiger partial charge in [0.25, 0.3) is 5.91 Å². The maximum Gasteiger partial charge on any atom is 0.416 e. The maximum atomic E-state index is 12.8. The number of hydrazone groups is 1. The van der Waals surface area contributed by atoms with Gasteiger partial charge < -0.3 is 14.8 Å². The van der Waals surface area contributed by atoms with Gasteiger partial charge in [-0.3, -0.25) is 4.79 Å². The summed E-state index contributed by atoms with van der Waals surface area (Å²) in [6.45, 7) is 0.147. The molecule has 0 bridgehead atoms. The van der Waals surface area contributed by atoms with E-state index in [0.717, 1.165) is 17.7 Å². The van der Waals surface area contributed by atoms with Gasteiger partial charge in [-0.1, -0.05) is 36.4 Å². The summed E-state index contributed by atoms with van der Waals surface area (Å²) >= 11 is 0. The Bertz CT molecular complexity index is 1100. The van der Waals surface area contributed by atoms with Gasteiger partial charge in [0.05, 0.1) is 25.4 Å². The monoisotopic (exact) mass is 457 g/mol. The quantitative estimate of drug-likeness (QED) is 0.356. The van der Waals surface area contributed by atoms with Gasteiger partial charge in [-0.15, -0.1) is 0 Å². The van der Waals surface area contributed by atoms with Crippen LogP contribution < -0.4 is 20.2 Å². The number of ether oxygens (including phenoxy) is 2. The zero-order valence-corrected chi connectivity index (χ0v) is 17.7. The van der Waals surface area contributed by atoms with E-state index in [-0.39, 0.29) is 12.2 Å². The molecule has 0 aliphatic heterocycles. The highest BCUT2D eigenvalue weighted by Gasteiger charge is 2.30. The van der Waals surface area contributed by atoms with Crippen LogP contribution in [0, 0.1) is 0 Å². The number of hydrogen-bond acceptors (Lipinski definition) is 5. The van der Waals surface area contributed by atoms with E-state index in [1.54, 1.807) is 18.2 Å². The van der Waals surface area contributed by atoms with Gasteiger partial charge in [0, 0.05) is 5.69 Å². The fraction of sp³-hybridized carbons (Fsp3) is 0.167. The van der Waals surface area contributed by atoms with Crippen LogP contribution in [-0.2, 0) is 17.6 Å². The summed E-state index contributed by atoms with van der Waals surface area (Å²) in [5.74, 6) is 0.554. The first-order valence-electron chi connectivity index (χ1n) is 9.93. The van der Waals surface area contributed by atoms with E-state index in [0.29, 0.717) is 23.7 Å². The maximum absolute atomic E-state index is 12.8. The molecule has 2 N–H and O–H groups in total. The molecular formula is C24H22F3N3O3. The van der Waals surface area contributed by atoms with Gasteiger partial charge in [-0.25, -0.2) is 5.43 Å². The summed E-state index contributed by atoms with van der Waals surface area (Å²) in [7, 11) is 1.52. The molecular weight excluding hydrogens is 435 g/mol. The summed E-state index contributed by atoms with van der Waals surface area (Å²) in [5, 5.41) is 6.50. The fourth-order valence-electron chi connectivity index (χ4n) is 2.83. The van der Waals surface area contributed by atoms with Crippen LogP contribution in [0.25, 0.3) is 0 Å². The number of carbonyl (C=O) groups excluding carboxylic acids is 1. The molecule has 3 aromatic carbocycles. The lowest BCUT2D eigenvalue weighted by molar-refractivity contribution is -0.137. The van der Waals surface area contributed by atoms with E-state index in [1.807, 2.05) is 30.3 Å². The molecule has 0 saturated heterocycles. The summed E-state index contributed by atoms with van der Waals surface area (Å²) < 4.78 is 49.4. The minimum absolute atomic E-state index is 0.180. The third-order valence-electron chi connectivity index (χ3n) is 4.47. The Morgan fingerprint density at radius 1 is 1.00 bits per heavy atom. The van der Waals surface area contributed by atoms with E-state index < -0.39 is 17.6 Å². The molecule has 0 aromatic heterocycles. The van der Waals surface area contributed by atoms with Crippen molar-refractivity contribution in [1.29, 1.82) is 0 Å². The number of alkyl halides is 3. The number of nitrogens with one attached hydrogen (secondary N) is 2. The predicted molar refractivity (Wildman–Crippen MR) is 119 cm³/mol. The van der Waals surface area contributed by atoms with Crippen molar-refractivity contribution in [2.45, 2.75) is 12.8 Å². The topological polar surface area (TPSA) is 72.0 Å². The lowest BCUT2D eigenvalue weighted by Gasteiger charge is -2.11. The van der Waals surface area contributed by atoms with Crippen molar-refractivity contribution in [3.05, 3.63) is 89.5 Å². The van der Waals surface area contributed by atoms with Crippen molar-refractivity contribution < 1.29 is 27.4 Å². The lowest BCUT2D eigenvalue weighted by Crippen LogP contribution is -2.26. The van der Waals surface area contributed by atoms with Gasteiger partial charge in [-0.2, -0.15) is 18.3 Å². The van der Waals surface area contributed by atoms with Crippen LogP contribution in [0.1, 0.15) is 16.7 Å². The van der Waals surface area contributed by atoms with Crippen LogP contribution in [-0.4, -0.2) is 25.8 Å². The number of amides is 1. The zero-order valence-electron chi connectivity index (χ0n) is 17.7. The average Bonchev–Trinajstić information content (AvgIpc) is 2.82. The molecule has 9 heteroatoms. The Labute approximate surface area is 189 Å². The van der Waals surface area contributed by atoms with Crippen molar-refractivity contribution in [3.63, 3.8) is 0 Å². The van der Waals surface area contributed by atoms with Crippen LogP contribution in [0.15, 0.2) is 77.9 Å². The van der Waals surface area contributed by atoms with Crippen molar-refractivity contribution in [1.82, 2.24) is 5.43 Å². The Hall–Kier alpha value is -4.01. The minimum Gasteiger partial charge on any atom is -0.493 e. The second-order valence-electron chi connectivity index (χ2n) is 6.91. The number of anilines is 1. The van der Waals surface area contributed by atoms with Crippen molar-refractivity contribution in [2.24, 2.45) is 5.10 Å². The van der Waals surface area contributed by atoms with Crippen LogP contribution in [0.5, 0.6) is 11.5 Å². The van der Waals surface area contributed by atoms with Crippen molar-refractivity contribution in [2.75, 3.05) is 19.0 Å². The number of methoxy groups -OCH3 is 1. The molecule has 0 radical (unpaired) electrons. The highest BCUT2D eigenvalue weighted by Crippen LogP contribution is 2.30. The second-order valence-corrected chi connectivity index (χ2v) is 6.91. The minimum atomic E-state index is -4.45. The van der Waals surface area contributed by atoms with Gasteiger partial charge >= 0.3 is 6.18 Å². The number of rotatable bonds is 9. The number of carbonyl (C=O) groups is 1. The van der Waals surface area contributed by atoms with E-state index in [4.69, 9.17) is 9.47 Å². The van der Waals surface area contributed by atoms with E-state index in [1.165, 1.54) is 25.5 Å². The third kappa shape index (κ3) is 7.27. The lowest BCUT2D eigenvalue weighted by atomic mass is 10.2. The Kier molecular flexibility index (Phi) is 7.91. The van der Waals surface area contributed by atoms with Gasteiger partial charge in [0.1, 0.15) is 6.61 Å². The first-order chi connectivity index (χ1) is 15.8. The molecule has 33 heavy (non-hydrogen) atoms. The number of nitrogens with zero attached hydrogens (tertiary/aromatic N) is 1. The number of halogens is 3. The van der Waals surface area contributed by atoms with Crippen molar-refractivity contribution in [3.8, 4) is 11.5 Å². The average molecular weight is 457 g/mol. The molecule has 1 amide bonds. The third-order valence-corrected chi connectivity index (χ3v) is 4.47. The molecule has 0 spiro atoms.